The van der Waals surface area contributed by atoms with Gasteiger partial charge >= 0.3 is 6.09 Å². The Morgan fingerprint density at radius 3 is 2.67 bits per heavy atom. The standard InChI is InChI=1S/C20H33N5O2/c1-5-23-18(10-13(2)3)24-17(22)12-16(21)14-6-7-15(11-14)27-19(26)25-20(4)8-9-20/h5,10,12-15H,6-9,11,21H2,1-4H3,(H2,22,24)(H,25,26)/b16-12-,18-10+,23-5?/t14-,15?/m0/s1. The molecule has 27 heavy (non-hydrogen) atoms. The van der Waals surface area contributed by atoms with Gasteiger partial charge in [-0.1, -0.05) is 13.8 Å². The van der Waals surface area contributed by atoms with Gasteiger partial charge in [-0.25, -0.2) is 9.79 Å². The van der Waals surface area contributed by atoms with Crippen LogP contribution in [0.3, 0.4) is 0 Å². The van der Waals surface area contributed by atoms with Gasteiger partial charge in [-0.15, -0.1) is 0 Å². The summed E-state index contributed by atoms with van der Waals surface area (Å²) in [6, 6.07) is 0. The molecule has 0 aliphatic heterocycles. The molecule has 0 spiro atoms. The van der Waals surface area contributed by atoms with Gasteiger partial charge in [0.1, 0.15) is 17.8 Å². The van der Waals surface area contributed by atoms with E-state index in [1.165, 1.54) is 0 Å². The number of ether oxygens (including phenoxy) is 1. The number of nitrogens with two attached hydrogens (primary N) is 1. The second-order valence-corrected chi connectivity index (χ2v) is 8.09. The van der Waals surface area contributed by atoms with Crippen molar-refractivity contribution in [2.45, 2.75) is 71.4 Å². The van der Waals surface area contributed by atoms with Crippen LogP contribution in [0.15, 0.2) is 28.7 Å². The molecule has 2 rings (SSSR count). The zero-order chi connectivity index (χ0) is 20.0. The van der Waals surface area contributed by atoms with Crippen LogP contribution < -0.4 is 16.4 Å². The van der Waals surface area contributed by atoms with Crippen LogP contribution in [-0.2, 0) is 4.74 Å². The molecule has 2 saturated carbocycles. The number of rotatable bonds is 7. The number of hydrogen-bond acceptors (Lipinski definition) is 5. The van der Waals surface area contributed by atoms with Crippen molar-refractivity contribution in [3.05, 3.63) is 23.7 Å². The lowest BCUT2D eigenvalue weighted by molar-refractivity contribution is 0.0960. The number of nitrogens with one attached hydrogen (secondary N) is 3. The van der Waals surface area contributed by atoms with E-state index in [4.69, 9.17) is 15.9 Å². The molecule has 0 radical (unpaired) electrons. The van der Waals surface area contributed by atoms with Crippen molar-refractivity contribution in [3.8, 4) is 0 Å². The van der Waals surface area contributed by atoms with E-state index in [1.807, 2.05) is 19.9 Å². The third-order valence-electron chi connectivity index (χ3n) is 4.87. The molecule has 0 saturated heterocycles. The molecule has 0 heterocycles. The first-order valence-electron chi connectivity index (χ1n) is 9.72. The van der Waals surface area contributed by atoms with E-state index < -0.39 is 0 Å². The highest BCUT2D eigenvalue weighted by Gasteiger charge is 2.40. The first-order chi connectivity index (χ1) is 12.7. The van der Waals surface area contributed by atoms with Crippen LogP contribution in [0, 0.1) is 17.2 Å². The second-order valence-electron chi connectivity index (χ2n) is 8.09. The first-order valence-corrected chi connectivity index (χ1v) is 9.72. The average Bonchev–Trinajstić information content (AvgIpc) is 3.07. The van der Waals surface area contributed by atoms with Crippen molar-refractivity contribution >= 4 is 18.1 Å². The highest BCUT2D eigenvalue weighted by Crippen LogP contribution is 2.35. The number of nitrogens with zero attached hydrogens (tertiary/aromatic N) is 1. The van der Waals surface area contributed by atoms with Crippen LogP contribution in [0.5, 0.6) is 0 Å². The van der Waals surface area contributed by atoms with Crippen LogP contribution in [-0.4, -0.2) is 29.8 Å². The van der Waals surface area contributed by atoms with Crippen LogP contribution >= 0.6 is 0 Å². The maximum absolute atomic E-state index is 11.9. The summed E-state index contributed by atoms with van der Waals surface area (Å²) >= 11 is 0. The number of amidine groups is 1. The van der Waals surface area contributed by atoms with E-state index in [2.05, 4.69) is 29.5 Å². The molecule has 0 aromatic heterocycles. The van der Waals surface area contributed by atoms with Gasteiger partial charge < -0.3 is 21.1 Å². The molecule has 0 aromatic rings. The molecule has 150 valence electrons. The lowest BCUT2D eigenvalue weighted by atomic mass is 10.0. The lowest BCUT2D eigenvalue weighted by Gasteiger charge is -2.16. The molecule has 2 aliphatic rings. The maximum Gasteiger partial charge on any atom is 0.407 e. The molecule has 5 N–H and O–H groups in total. The summed E-state index contributed by atoms with van der Waals surface area (Å²) in [5.74, 6) is 1.28. The van der Waals surface area contributed by atoms with Gasteiger partial charge in [-0.2, -0.15) is 0 Å². The third kappa shape index (κ3) is 7.07. The molecule has 0 aromatic carbocycles. The van der Waals surface area contributed by atoms with Crippen molar-refractivity contribution in [1.82, 2.24) is 10.6 Å². The minimum Gasteiger partial charge on any atom is -0.446 e. The highest BCUT2D eigenvalue weighted by atomic mass is 16.6. The fourth-order valence-corrected chi connectivity index (χ4v) is 3.12. The van der Waals surface area contributed by atoms with Crippen LogP contribution in [0.4, 0.5) is 4.79 Å². The molecular formula is C20H33N5O2. The van der Waals surface area contributed by atoms with E-state index in [0.29, 0.717) is 23.9 Å². The normalized spacial score (nSPS) is 24.9. The number of alkyl carbamates (subject to hydrolysis) is 1. The molecule has 2 fully saturated rings. The van der Waals surface area contributed by atoms with E-state index in [-0.39, 0.29) is 29.5 Å². The number of aliphatic imine (C=N–C) groups is 1. The average molecular weight is 376 g/mol. The Morgan fingerprint density at radius 2 is 2.07 bits per heavy atom. The summed E-state index contributed by atoms with van der Waals surface area (Å²) in [7, 11) is 0. The van der Waals surface area contributed by atoms with Gasteiger partial charge in [-0.05, 0) is 64.0 Å². The quantitative estimate of drug-likeness (QED) is 0.403. The summed E-state index contributed by atoms with van der Waals surface area (Å²) in [4.78, 5) is 16.2. The predicted octanol–water partition coefficient (Wildman–Crippen LogP) is 3.43. The highest BCUT2D eigenvalue weighted by molar-refractivity contribution is 5.92. The Balaban J connectivity index is 1.84. The molecule has 7 nitrogen and oxygen atoms in total. The summed E-state index contributed by atoms with van der Waals surface area (Å²) in [5.41, 5.74) is 6.77. The Bertz CT molecular complexity index is 647. The summed E-state index contributed by atoms with van der Waals surface area (Å²) < 4.78 is 5.52. The van der Waals surface area contributed by atoms with Crippen LogP contribution in [0.2, 0.25) is 0 Å². The van der Waals surface area contributed by atoms with Crippen molar-refractivity contribution < 1.29 is 9.53 Å². The number of hydrogen-bond donors (Lipinski definition) is 4. The molecular weight excluding hydrogens is 342 g/mol. The third-order valence-corrected chi connectivity index (χ3v) is 4.87. The topological polar surface area (TPSA) is 113 Å². The summed E-state index contributed by atoms with van der Waals surface area (Å²) in [6.07, 6.45) is 9.19. The van der Waals surface area contributed by atoms with Crippen molar-refractivity contribution in [2.24, 2.45) is 22.6 Å². The lowest BCUT2D eigenvalue weighted by Crippen LogP contribution is -2.36. The number of carbonyl (C=O) groups excluding carboxylic acids is 1. The maximum atomic E-state index is 11.9. The monoisotopic (exact) mass is 375 g/mol. The summed E-state index contributed by atoms with van der Waals surface area (Å²) in [6.45, 7) is 7.97. The molecule has 2 aliphatic carbocycles. The van der Waals surface area contributed by atoms with Gasteiger partial charge in [0.25, 0.3) is 0 Å². The number of allylic oxidation sites excluding steroid dienone is 2. The van der Waals surface area contributed by atoms with Gasteiger partial charge in [0, 0.05) is 23.4 Å². The number of amides is 1. The van der Waals surface area contributed by atoms with Crippen molar-refractivity contribution in [2.75, 3.05) is 0 Å². The molecule has 2 atom stereocenters. The minimum absolute atomic E-state index is 0.0725. The Hall–Kier alpha value is -2.31. The minimum atomic E-state index is -0.335. The van der Waals surface area contributed by atoms with Crippen molar-refractivity contribution in [1.29, 1.82) is 5.41 Å². The summed E-state index contributed by atoms with van der Waals surface area (Å²) in [5, 5.41) is 14.0. The van der Waals surface area contributed by atoms with E-state index >= 15 is 0 Å². The van der Waals surface area contributed by atoms with Crippen LogP contribution in [0.1, 0.15) is 59.8 Å². The van der Waals surface area contributed by atoms with E-state index in [1.54, 1.807) is 12.3 Å². The Kier molecular flexibility index (Phi) is 7.05. The Labute approximate surface area is 162 Å². The molecule has 1 amide bonds. The van der Waals surface area contributed by atoms with E-state index in [9.17, 15) is 4.79 Å². The molecule has 7 heteroatoms. The first kappa shape index (κ1) is 21.0. The smallest absolute Gasteiger partial charge is 0.407 e. The SMILES string of the molecule is CC=N/C(=C\C(C)C)NC(=N)/C=C(\N)[C@H]1CCC(OC(=O)NC2(C)CC2)C1. The van der Waals surface area contributed by atoms with E-state index in [0.717, 1.165) is 25.7 Å². The second kappa shape index (κ2) is 9.06. The predicted molar refractivity (Wildman–Crippen MR) is 109 cm³/mol. The van der Waals surface area contributed by atoms with Gasteiger partial charge in [-0.3, -0.25) is 5.41 Å². The van der Waals surface area contributed by atoms with Crippen LogP contribution in [0.25, 0.3) is 0 Å². The molecule has 1 unspecified atom stereocenters. The molecule has 0 bridgehead atoms. The van der Waals surface area contributed by atoms with Gasteiger partial charge in [0.05, 0.1) is 0 Å². The fourth-order valence-electron chi connectivity index (χ4n) is 3.12. The number of carbonyl (C=O) groups is 1. The van der Waals surface area contributed by atoms with Gasteiger partial charge in [0.15, 0.2) is 0 Å². The Morgan fingerprint density at radius 1 is 1.37 bits per heavy atom. The zero-order valence-corrected chi connectivity index (χ0v) is 16.8. The van der Waals surface area contributed by atoms with Crippen molar-refractivity contribution in [3.63, 3.8) is 0 Å². The van der Waals surface area contributed by atoms with Gasteiger partial charge in [0.2, 0.25) is 0 Å². The zero-order valence-electron chi connectivity index (χ0n) is 16.8. The fraction of sp³-hybridized carbons (Fsp3) is 0.650. The largest absolute Gasteiger partial charge is 0.446 e.